The van der Waals surface area contributed by atoms with Crippen LogP contribution in [0, 0.1) is 0 Å². The molecule has 186 valence electrons. The molecule has 0 bridgehead atoms. The summed E-state index contributed by atoms with van der Waals surface area (Å²) in [4.78, 5) is 28.3. The van der Waals surface area contributed by atoms with Gasteiger partial charge in [-0.25, -0.2) is 8.42 Å². The van der Waals surface area contributed by atoms with Crippen LogP contribution in [0.1, 0.15) is 34.8 Å². The number of benzene rings is 2. The number of ether oxygens (including phenoxy) is 1. The van der Waals surface area contributed by atoms with E-state index >= 15 is 0 Å². The molecular formula is C26H26N4O5S. The highest BCUT2D eigenvalue weighted by molar-refractivity contribution is 7.90. The van der Waals surface area contributed by atoms with Crippen molar-refractivity contribution in [3.05, 3.63) is 89.7 Å². The molecule has 0 saturated heterocycles. The van der Waals surface area contributed by atoms with Crippen LogP contribution in [-0.2, 0) is 25.9 Å². The van der Waals surface area contributed by atoms with Crippen LogP contribution in [0.2, 0.25) is 0 Å². The number of hydrazone groups is 1. The lowest BCUT2D eigenvalue weighted by atomic mass is 10.0. The summed E-state index contributed by atoms with van der Waals surface area (Å²) in [7, 11) is -3.32. The predicted octanol–water partition coefficient (Wildman–Crippen LogP) is 3.28. The summed E-state index contributed by atoms with van der Waals surface area (Å²) >= 11 is 0. The molecule has 1 aliphatic heterocycles. The highest BCUT2D eigenvalue weighted by Gasteiger charge is 2.31. The molecule has 0 fully saturated rings. The smallest absolute Gasteiger partial charge is 0.257 e. The van der Waals surface area contributed by atoms with E-state index in [1.165, 1.54) is 18.3 Å². The van der Waals surface area contributed by atoms with Gasteiger partial charge in [-0.3, -0.25) is 19.6 Å². The van der Waals surface area contributed by atoms with E-state index in [9.17, 15) is 18.0 Å². The number of aromatic nitrogens is 1. The predicted molar refractivity (Wildman–Crippen MR) is 135 cm³/mol. The Labute approximate surface area is 209 Å². The summed E-state index contributed by atoms with van der Waals surface area (Å²) in [6, 6.07) is 17.1. The minimum Gasteiger partial charge on any atom is -0.340 e. The fraction of sp³-hybridized carbons (Fsp3) is 0.231. The molecular weight excluding hydrogens is 480 g/mol. The van der Waals surface area contributed by atoms with Crippen LogP contribution in [0.5, 0.6) is 0 Å². The van der Waals surface area contributed by atoms with Crippen molar-refractivity contribution in [1.82, 2.24) is 9.99 Å². The maximum atomic E-state index is 12.3. The third-order valence-corrected chi connectivity index (χ3v) is 6.81. The Morgan fingerprint density at radius 1 is 1.11 bits per heavy atom. The van der Waals surface area contributed by atoms with Crippen molar-refractivity contribution in [1.29, 1.82) is 0 Å². The van der Waals surface area contributed by atoms with Gasteiger partial charge in [0.25, 0.3) is 5.91 Å². The van der Waals surface area contributed by atoms with Gasteiger partial charge in [0.2, 0.25) is 6.23 Å². The third-order valence-electron chi connectivity index (χ3n) is 5.68. The number of hydrogen-bond acceptors (Lipinski definition) is 8. The van der Waals surface area contributed by atoms with E-state index in [4.69, 9.17) is 9.84 Å². The standard InChI is InChI=1S/C26H26N4O5S/c1-3-23-25(19-8-12-22(13-9-19)36(2,33)34)29-30(24(17-31)35-23)16-18-6-10-21(11-7-18)28-26(32)20-5-4-14-27-15-20/h4-15,17,23-24H,3,16H2,1-2H3,(H,28,32). The Morgan fingerprint density at radius 3 is 2.42 bits per heavy atom. The van der Waals surface area contributed by atoms with Gasteiger partial charge in [-0.15, -0.1) is 0 Å². The summed E-state index contributed by atoms with van der Waals surface area (Å²) < 4.78 is 29.6. The van der Waals surface area contributed by atoms with Crippen LogP contribution in [0.25, 0.3) is 0 Å². The molecule has 0 radical (unpaired) electrons. The molecule has 1 aromatic heterocycles. The van der Waals surface area contributed by atoms with Crippen LogP contribution in [-0.4, -0.2) is 54.9 Å². The van der Waals surface area contributed by atoms with Crippen molar-refractivity contribution in [2.75, 3.05) is 11.6 Å². The molecule has 1 aliphatic rings. The molecule has 4 rings (SSSR count). The minimum absolute atomic E-state index is 0.218. The monoisotopic (exact) mass is 506 g/mol. The lowest BCUT2D eigenvalue weighted by Crippen LogP contribution is -2.45. The molecule has 1 amide bonds. The number of nitrogens with zero attached hydrogens (tertiary/aromatic N) is 3. The Kier molecular flexibility index (Phi) is 7.56. The third kappa shape index (κ3) is 5.84. The average Bonchev–Trinajstić information content (AvgIpc) is 2.89. The number of hydrogen-bond donors (Lipinski definition) is 1. The van der Waals surface area contributed by atoms with Gasteiger partial charge in [0.15, 0.2) is 16.1 Å². The molecule has 1 N–H and O–H groups in total. The van der Waals surface area contributed by atoms with Crippen molar-refractivity contribution in [2.45, 2.75) is 37.1 Å². The first-order valence-electron chi connectivity index (χ1n) is 11.3. The summed E-state index contributed by atoms with van der Waals surface area (Å²) in [5.74, 6) is -0.261. The Hall–Kier alpha value is -3.89. The van der Waals surface area contributed by atoms with Crippen LogP contribution < -0.4 is 5.32 Å². The number of pyridine rings is 1. The van der Waals surface area contributed by atoms with Crippen molar-refractivity contribution in [3.8, 4) is 0 Å². The van der Waals surface area contributed by atoms with Gasteiger partial charge in [0.1, 0.15) is 6.10 Å². The van der Waals surface area contributed by atoms with E-state index in [0.717, 1.165) is 17.4 Å². The van der Waals surface area contributed by atoms with Gasteiger partial charge in [-0.05, 0) is 48.4 Å². The number of nitrogens with one attached hydrogen (secondary N) is 1. The van der Waals surface area contributed by atoms with Crippen molar-refractivity contribution in [3.63, 3.8) is 0 Å². The maximum Gasteiger partial charge on any atom is 0.257 e. The zero-order valence-corrected chi connectivity index (χ0v) is 20.7. The first kappa shape index (κ1) is 25.2. The number of sulfone groups is 1. The second-order valence-electron chi connectivity index (χ2n) is 8.33. The van der Waals surface area contributed by atoms with Crippen LogP contribution >= 0.6 is 0 Å². The number of anilines is 1. The Balaban J connectivity index is 1.53. The first-order chi connectivity index (χ1) is 17.3. The van der Waals surface area contributed by atoms with Crippen molar-refractivity contribution < 1.29 is 22.7 Å². The topological polar surface area (TPSA) is 118 Å². The molecule has 10 heteroatoms. The van der Waals surface area contributed by atoms with Crippen molar-refractivity contribution >= 4 is 33.4 Å². The quantitative estimate of drug-likeness (QED) is 0.466. The van der Waals surface area contributed by atoms with Gasteiger partial charge in [0, 0.05) is 29.9 Å². The second kappa shape index (κ2) is 10.8. The normalized spacial score (nSPS) is 17.8. The van der Waals surface area contributed by atoms with E-state index < -0.39 is 22.2 Å². The number of carbonyl (C=O) groups is 2. The molecule has 0 spiro atoms. The van der Waals surface area contributed by atoms with Crippen LogP contribution in [0.4, 0.5) is 5.69 Å². The van der Waals surface area contributed by atoms with Gasteiger partial charge in [-0.1, -0.05) is 31.2 Å². The second-order valence-corrected chi connectivity index (χ2v) is 10.3. The molecule has 0 saturated carbocycles. The maximum absolute atomic E-state index is 12.3. The first-order valence-corrected chi connectivity index (χ1v) is 13.2. The highest BCUT2D eigenvalue weighted by atomic mass is 32.2. The SMILES string of the molecule is CCC1OC(C=O)N(Cc2ccc(NC(=O)c3cccnc3)cc2)N=C1c1ccc(S(C)(=O)=O)cc1. The van der Waals surface area contributed by atoms with E-state index in [1.807, 2.05) is 19.1 Å². The van der Waals surface area contributed by atoms with E-state index in [1.54, 1.807) is 47.6 Å². The Morgan fingerprint density at radius 2 is 1.83 bits per heavy atom. The van der Waals surface area contributed by atoms with Gasteiger partial charge in [-0.2, -0.15) is 5.10 Å². The molecule has 2 unspecified atom stereocenters. The molecule has 9 nitrogen and oxygen atoms in total. The van der Waals surface area contributed by atoms with Gasteiger partial charge >= 0.3 is 0 Å². The number of carbonyl (C=O) groups excluding carboxylic acids is 2. The fourth-order valence-corrected chi connectivity index (χ4v) is 4.41. The largest absolute Gasteiger partial charge is 0.340 e. The number of rotatable bonds is 8. The molecule has 36 heavy (non-hydrogen) atoms. The summed E-state index contributed by atoms with van der Waals surface area (Å²) in [6.45, 7) is 2.22. The average molecular weight is 507 g/mol. The molecule has 2 heterocycles. The van der Waals surface area contributed by atoms with E-state index in [2.05, 4.69) is 10.3 Å². The summed E-state index contributed by atoms with van der Waals surface area (Å²) in [6.07, 6.45) is 4.28. The molecule has 2 atom stereocenters. The zero-order valence-electron chi connectivity index (χ0n) is 19.9. The van der Waals surface area contributed by atoms with E-state index in [0.29, 0.717) is 36.2 Å². The van der Waals surface area contributed by atoms with Gasteiger partial charge in [0.05, 0.1) is 22.7 Å². The molecule has 2 aromatic carbocycles. The summed E-state index contributed by atoms with van der Waals surface area (Å²) in [5.41, 5.74) is 3.27. The van der Waals surface area contributed by atoms with Crippen molar-refractivity contribution in [2.24, 2.45) is 5.10 Å². The number of aldehydes is 1. The van der Waals surface area contributed by atoms with Crippen LogP contribution in [0.3, 0.4) is 0 Å². The highest BCUT2D eigenvalue weighted by Crippen LogP contribution is 2.24. The summed E-state index contributed by atoms with van der Waals surface area (Å²) in [5, 5.41) is 9.10. The van der Waals surface area contributed by atoms with Gasteiger partial charge < -0.3 is 10.1 Å². The van der Waals surface area contributed by atoms with Crippen LogP contribution in [0.15, 0.2) is 83.1 Å². The zero-order chi connectivity index (χ0) is 25.7. The fourth-order valence-electron chi connectivity index (χ4n) is 3.78. The Bertz CT molecular complexity index is 1360. The molecule has 0 aliphatic carbocycles. The lowest BCUT2D eigenvalue weighted by Gasteiger charge is -2.35. The molecule has 3 aromatic rings. The lowest BCUT2D eigenvalue weighted by molar-refractivity contribution is -0.139. The number of amides is 1. The minimum atomic E-state index is -3.32. The van der Waals surface area contributed by atoms with E-state index in [-0.39, 0.29) is 10.8 Å².